The molecule has 0 aromatic heterocycles. The molecule has 0 atom stereocenters. The third kappa shape index (κ3) is 0.911. The van der Waals surface area contributed by atoms with Gasteiger partial charge in [0.1, 0.15) is 0 Å². The van der Waals surface area contributed by atoms with Gasteiger partial charge in [-0.1, -0.05) is 6.08 Å². The molecule has 3 fully saturated rings. The quantitative estimate of drug-likeness (QED) is 0.670. The molecule has 0 nitrogen and oxygen atoms in total. The minimum absolute atomic E-state index is 0.632. The fourth-order valence-corrected chi connectivity index (χ4v) is 2.92. The summed E-state index contributed by atoms with van der Waals surface area (Å²) in [6, 6.07) is 0. The van der Waals surface area contributed by atoms with Crippen molar-refractivity contribution in [2.45, 2.75) is 19.3 Å². The summed E-state index contributed by atoms with van der Waals surface area (Å²) in [5.74, 6) is 1.08. The summed E-state index contributed by atoms with van der Waals surface area (Å²) in [5, 5.41) is 0. The highest BCUT2D eigenvalue weighted by Gasteiger charge is 2.54. The maximum atomic E-state index is 3.39. The molecule has 0 N–H and O–H groups in total. The van der Waals surface area contributed by atoms with Gasteiger partial charge in [0.25, 0.3) is 0 Å². The SMILES string of the molecule is BrC(Br)=CC12CC(C1)C2. The molecule has 0 aliphatic heterocycles. The Kier molecular flexibility index (Phi) is 1.32. The van der Waals surface area contributed by atoms with Crippen molar-refractivity contribution in [3.63, 3.8) is 0 Å². The molecule has 50 valence electrons. The van der Waals surface area contributed by atoms with Crippen LogP contribution in [-0.2, 0) is 0 Å². The third-order valence-electron chi connectivity index (χ3n) is 2.50. The van der Waals surface area contributed by atoms with E-state index in [1.807, 2.05) is 0 Å². The molecule has 0 spiro atoms. The predicted molar refractivity (Wildman–Crippen MR) is 45.7 cm³/mol. The van der Waals surface area contributed by atoms with E-state index in [9.17, 15) is 0 Å². The molecule has 0 aromatic carbocycles. The second-order valence-corrected chi connectivity index (χ2v) is 6.05. The molecule has 3 rings (SSSR count). The van der Waals surface area contributed by atoms with Gasteiger partial charge in [0.2, 0.25) is 0 Å². The van der Waals surface area contributed by atoms with Crippen molar-refractivity contribution in [2.75, 3.05) is 0 Å². The lowest BCUT2D eigenvalue weighted by atomic mass is 9.45. The van der Waals surface area contributed by atoms with Crippen LogP contribution in [0.15, 0.2) is 9.47 Å². The monoisotopic (exact) mass is 250 g/mol. The Bertz CT molecular complexity index is 151. The van der Waals surface area contributed by atoms with Gasteiger partial charge in [0.05, 0.1) is 3.39 Å². The van der Waals surface area contributed by atoms with Crippen LogP contribution in [0.25, 0.3) is 0 Å². The van der Waals surface area contributed by atoms with Gasteiger partial charge in [-0.05, 0) is 62.5 Å². The second kappa shape index (κ2) is 1.85. The van der Waals surface area contributed by atoms with E-state index < -0.39 is 0 Å². The first-order chi connectivity index (χ1) is 4.20. The van der Waals surface area contributed by atoms with Crippen molar-refractivity contribution in [3.05, 3.63) is 9.47 Å². The first kappa shape index (κ1) is 6.41. The highest BCUT2D eigenvalue weighted by Crippen LogP contribution is 2.65. The van der Waals surface area contributed by atoms with Crippen molar-refractivity contribution >= 4 is 31.9 Å². The van der Waals surface area contributed by atoms with E-state index in [0.717, 1.165) is 9.31 Å². The first-order valence-corrected chi connectivity index (χ1v) is 4.83. The molecule has 3 saturated carbocycles. The van der Waals surface area contributed by atoms with E-state index in [2.05, 4.69) is 37.9 Å². The topological polar surface area (TPSA) is 0 Å². The third-order valence-corrected chi connectivity index (χ3v) is 2.96. The average molecular weight is 252 g/mol. The molecule has 2 bridgehead atoms. The highest BCUT2D eigenvalue weighted by molar-refractivity contribution is 9.28. The summed E-state index contributed by atoms with van der Waals surface area (Å²) in [6.45, 7) is 0. The lowest BCUT2D eigenvalue weighted by Gasteiger charge is -2.60. The minimum Gasteiger partial charge on any atom is -0.0570 e. The maximum Gasteiger partial charge on any atom is 0.0569 e. The summed E-state index contributed by atoms with van der Waals surface area (Å²) in [7, 11) is 0. The molecule has 0 aromatic rings. The lowest BCUT2D eigenvalue weighted by Crippen LogP contribution is -2.50. The molecule has 3 aliphatic rings. The molecule has 9 heavy (non-hydrogen) atoms. The van der Waals surface area contributed by atoms with E-state index in [1.54, 1.807) is 0 Å². The van der Waals surface area contributed by atoms with Gasteiger partial charge in [-0.3, -0.25) is 0 Å². The Labute approximate surface area is 72.0 Å². The molecule has 0 amide bonds. The molecule has 3 aliphatic carbocycles. The van der Waals surface area contributed by atoms with Gasteiger partial charge in [-0.25, -0.2) is 0 Å². The highest BCUT2D eigenvalue weighted by atomic mass is 79.9. The Hall–Kier alpha value is 0.700. The standard InChI is InChI=1S/C7H8Br2/c8-6(9)4-7-1-5(2-7)3-7/h4-5H,1-3H2. The summed E-state index contributed by atoms with van der Waals surface area (Å²) < 4.78 is 1.13. The Morgan fingerprint density at radius 1 is 1.33 bits per heavy atom. The summed E-state index contributed by atoms with van der Waals surface area (Å²) >= 11 is 6.77. The summed E-state index contributed by atoms with van der Waals surface area (Å²) in [6.07, 6.45) is 6.63. The Morgan fingerprint density at radius 3 is 2.00 bits per heavy atom. The number of allylic oxidation sites excluding steroid dienone is 1. The van der Waals surface area contributed by atoms with Crippen molar-refractivity contribution in [1.29, 1.82) is 0 Å². The zero-order valence-electron chi connectivity index (χ0n) is 5.03. The smallest absolute Gasteiger partial charge is 0.0569 e. The zero-order chi connectivity index (χ0) is 6.48. The van der Waals surface area contributed by atoms with Gasteiger partial charge in [-0.15, -0.1) is 0 Å². The van der Waals surface area contributed by atoms with Gasteiger partial charge >= 0.3 is 0 Å². The normalized spacial score (nSPS) is 44.9. The van der Waals surface area contributed by atoms with Crippen LogP contribution in [0.4, 0.5) is 0 Å². The zero-order valence-corrected chi connectivity index (χ0v) is 8.20. The van der Waals surface area contributed by atoms with Crippen LogP contribution < -0.4 is 0 Å². The van der Waals surface area contributed by atoms with Crippen LogP contribution in [0.1, 0.15) is 19.3 Å². The van der Waals surface area contributed by atoms with Crippen LogP contribution in [0.3, 0.4) is 0 Å². The van der Waals surface area contributed by atoms with E-state index in [0.29, 0.717) is 5.41 Å². The predicted octanol–water partition coefficient (Wildman–Crippen LogP) is 3.42. The van der Waals surface area contributed by atoms with Crippen LogP contribution in [0.5, 0.6) is 0 Å². The molecular formula is C7H8Br2. The molecule has 0 unspecified atom stereocenters. The number of hydrogen-bond donors (Lipinski definition) is 0. The van der Waals surface area contributed by atoms with E-state index in [1.165, 1.54) is 19.3 Å². The number of halogens is 2. The fourth-order valence-electron chi connectivity index (χ4n) is 1.95. The van der Waals surface area contributed by atoms with Crippen molar-refractivity contribution in [3.8, 4) is 0 Å². The number of rotatable bonds is 1. The van der Waals surface area contributed by atoms with Crippen molar-refractivity contribution in [2.24, 2.45) is 11.3 Å². The van der Waals surface area contributed by atoms with Crippen LogP contribution in [0, 0.1) is 11.3 Å². The minimum atomic E-state index is 0.632. The molecular weight excluding hydrogens is 244 g/mol. The molecule has 2 heteroatoms. The largest absolute Gasteiger partial charge is 0.0570 e. The molecule has 0 heterocycles. The first-order valence-electron chi connectivity index (χ1n) is 3.24. The van der Waals surface area contributed by atoms with E-state index in [4.69, 9.17) is 0 Å². The molecule has 0 saturated heterocycles. The van der Waals surface area contributed by atoms with Crippen LogP contribution in [-0.4, -0.2) is 0 Å². The number of hydrogen-bond acceptors (Lipinski definition) is 0. The van der Waals surface area contributed by atoms with E-state index in [-0.39, 0.29) is 0 Å². The fraction of sp³-hybridized carbons (Fsp3) is 0.714. The van der Waals surface area contributed by atoms with Crippen molar-refractivity contribution in [1.82, 2.24) is 0 Å². The van der Waals surface area contributed by atoms with Gasteiger partial charge in [-0.2, -0.15) is 0 Å². The van der Waals surface area contributed by atoms with Gasteiger partial charge < -0.3 is 0 Å². The average Bonchev–Trinajstić information content (AvgIpc) is 1.50. The van der Waals surface area contributed by atoms with Gasteiger partial charge in [0.15, 0.2) is 0 Å². The second-order valence-electron chi connectivity index (χ2n) is 3.27. The lowest BCUT2D eigenvalue weighted by molar-refractivity contribution is -0.0599. The van der Waals surface area contributed by atoms with E-state index >= 15 is 0 Å². The van der Waals surface area contributed by atoms with Crippen LogP contribution >= 0.6 is 31.9 Å². The van der Waals surface area contributed by atoms with Gasteiger partial charge in [0, 0.05) is 0 Å². The Balaban J connectivity index is 2.06. The summed E-state index contributed by atoms with van der Waals surface area (Å²) in [5.41, 5.74) is 0.632. The molecule has 0 radical (unpaired) electrons. The van der Waals surface area contributed by atoms with Crippen molar-refractivity contribution < 1.29 is 0 Å². The summed E-state index contributed by atoms with van der Waals surface area (Å²) in [4.78, 5) is 0. The Morgan fingerprint density at radius 2 is 1.89 bits per heavy atom. The van der Waals surface area contributed by atoms with Crippen LogP contribution in [0.2, 0.25) is 0 Å². The maximum absolute atomic E-state index is 3.39.